The molecule has 0 aliphatic carbocycles. The zero-order valence-electron chi connectivity index (χ0n) is 10.8. The molecule has 1 N–H and O–H groups in total. The number of thiophene rings is 2. The van der Waals surface area contributed by atoms with Crippen LogP contribution < -0.4 is 5.32 Å². The quantitative estimate of drug-likeness (QED) is 0.777. The van der Waals surface area contributed by atoms with E-state index in [1.807, 2.05) is 0 Å². The Hall–Kier alpha value is -0.680. The van der Waals surface area contributed by atoms with Crippen molar-refractivity contribution in [1.82, 2.24) is 5.32 Å². The highest BCUT2D eigenvalue weighted by molar-refractivity contribution is 7.11. The molecule has 0 aliphatic heterocycles. The summed E-state index contributed by atoms with van der Waals surface area (Å²) in [5, 5.41) is 7.83. The molecule has 0 spiro atoms. The number of rotatable bonds is 7. The lowest BCUT2D eigenvalue weighted by Gasteiger charge is -2.16. The fourth-order valence-corrected chi connectivity index (χ4v) is 3.46. The van der Waals surface area contributed by atoms with Crippen LogP contribution in [0.15, 0.2) is 35.0 Å². The summed E-state index contributed by atoms with van der Waals surface area (Å²) in [6.45, 7) is 5.76. The number of hydrogen-bond acceptors (Lipinski definition) is 4. The van der Waals surface area contributed by atoms with Crippen molar-refractivity contribution in [3.05, 3.63) is 44.8 Å². The first-order chi connectivity index (χ1) is 8.77. The summed E-state index contributed by atoms with van der Waals surface area (Å²) in [4.78, 5) is 2.73. The molecule has 0 amide bonds. The van der Waals surface area contributed by atoms with E-state index in [-0.39, 0.29) is 0 Å². The molecule has 2 rings (SSSR count). The largest absolute Gasteiger partial charge is 0.377 e. The zero-order valence-corrected chi connectivity index (χ0v) is 12.4. The average Bonchev–Trinajstić information content (AvgIpc) is 3.01. The van der Waals surface area contributed by atoms with E-state index in [0.717, 1.165) is 13.2 Å². The SMILES string of the molecule is CC(C)OCCNC(c1cccs1)c1cccs1. The van der Waals surface area contributed by atoms with Gasteiger partial charge in [-0.2, -0.15) is 0 Å². The average molecular weight is 281 g/mol. The van der Waals surface area contributed by atoms with Crippen LogP contribution in [0.2, 0.25) is 0 Å². The van der Waals surface area contributed by atoms with Gasteiger partial charge in [0.2, 0.25) is 0 Å². The molecular formula is C14H19NOS2. The highest BCUT2D eigenvalue weighted by Gasteiger charge is 2.15. The molecule has 0 unspecified atom stereocenters. The van der Waals surface area contributed by atoms with Crippen molar-refractivity contribution < 1.29 is 4.74 Å². The highest BCUT2D eigenvalue weighted by atomic mass is 32.1. The molecule has 0 saturated heterocycles. The minimum Gasteiger partial charge on any atom is -0.377 e. The molecule has 2 aromatic rings. The molecule has 0 aliphatic rings. The maximum absolute atomic E-state index is 5.57. The summed E-state index contributed by atoms with van der Waals surface area (Å²) in [6, 6.07) is 8.89. The van der Waals surface area contributed by atoms with Crippen LogP contribution in [0.3, 0.4) is 0 Å². The van der Waals surface area contributed by atoms with Gasteiger partial charge in [-0.3, -0.25) is 0 Å². The summed E-state index contributed by atoms with van der Waals surface area (Å²) < 4.78 is 5.57. The predicted molar refractivity (Wildman–Crippen MR) is 79.6 cm³/mol. The first-order valence-corrected chi connectivity index (χ1v) is 7.95. The smallest absolute Gasteiger partial charge is 0.0765 e. The second-order valence-corrected chi connectivity index (χ2v) is 6.30. The van der Waals surface area contributed by atoms with Crippen molar-refractivity contribution in [2.45, 2.75) is 26.0 Å². The summed E-state index contributed by atoms with van der Waals surface area (Å²) in [5.41, 5.74) is 0. The topological polar surface area (TPSA) is 21.3 Å². The molecule has 18 heavy (non-hydrogen) atoms. The van der Waals surface area contributed by atoms with Crippen LogP contribution in [0.1, 0.15) is 29.6 Å². The first kappa shape index (κ1) is 13.7. The predicted octanol–water partition coefficient (Wildman–Crippen LogP) is 3.91. The van der Waals surface area contributed by atoms with Crippen LogP contribution in [-0.2, 0) is 4.74 Å². The molecule has 2 nitrogen and oxygen atoms in total. The molecule has 0 bridgehead atoms. The fourth-order valence-electron chi connectivity index (χ4n) is 1.75. The molecular weight excluding hydrogens is 262 g/mol. The van der Waals surface area contributed by atoms with Gasteiger partial charge in [0.05, 0.1) is 18.8 Å². The van der Waals surface area contributed by atoms with Crippen LogP contribution in [0.25, 0.3) is 0 Å². The third-order valence-corrected chi connectivity index (χ3v) is 4.43. The number of hydrogen-bond donors (Lipinski definition) is 1. The van der Waals surface area contributed by atoms with Crippen molar-refractivity contribution in [2.24, 2.45) is 0 Å². The maximum atomic E-state index is 5.57. The van der Waals surface area contributed by atoms with E-state index in [0.29, 0.717) is 12.1 Å². The van der Waals surface area contributed by atoms with Gasteiger partial charge in [-0.25, -0.2) is 0 Å². The summed E-state index contributed by atoms with van der Waals surface area (Å²) >= 11 is 3.59. The van der Waals surface area contributed by atoms with Gasteiger partial charge in [-0.1, -0.05) is 12.1 Å². The standard InChI is InChI=1S/C14H19NOS2/c1-11(2)16-8-7-15-14(12-5-3-9-17-12)13-6-4-10-18-13/h3-6,9-11,14-15H,7-8H2,1-2H3. The second kappa shape index (κ2) is 7.04. The molecule has 0 radical (unpaired) electrons. The van der Waals surface area contributed by atoms with Gasteiger partial charge in [0, 0.05) is 16.3 Å². The van der Waals surface area contributed by atoms with Gasteiger partial charge < -0.3 is 10.1 Å². The Morgan fingerprint density at radius 1 is 1.11 bits per heavy atom. The van der Waals surface area contributed by atoms with E-state index < -0.39 is 0 Å². The van der Waals surface area contributed by atoms with Crippen molar-refractivity contribution in [3.63, 3.8) is 0 Å². The Kier molecular flexibility index (Phi) is 5.38. The van der Waals surface area contributed by atoms with Gasteiger partial charge in [-0.15, -0.1) is 22.7 Å². The Morgan fingerprint density at radius 3 is 2.17 bits per heavy atom. The van der Waals surface area contributed by atoms with E-state index in [4.69, 9.17) is 4.74 Å². The van der Waals surface area contributed by atoms with Gasteiger partial charge in [0.25, 0.3) is 0 Å². The minimum atomic E-state index is 0.300. The molecule has 2 heterocycles. The van der Waals surface area contributed by atoms with E-state index >= 15 is 0 Å². The van der Waals surface area contributed by atoms with Crippen molar-refractivity contribution in [2.75, 3.05) is 13.2 Å². The monoisotopic (exact) mass is 281 g/mol. The molecule has 98 valence electrons. The fraction of sp³-hybridized carbons (Fsp3) is 0.429. The van der Waals surface area contributed by atoms with Crippen molar-refractivity contribution in [1.29, 1.82) is 0 Å². The van der Waals surface area contributed by atoms with Crippen LogP contribution in [0, 0.1) is 0 Å². The van der Waals surface area contributed by atoms with E-state index in [1.54, 1.807) is 22.7 Å². The molecule has 0 fully saturated rings. The zero-order chi connectivity index (χ0) is 12.8. The van der Waals surface area contributed by atoms with Gasteiger partial charge >= 0.3 is 0 Å². The van der Waals surface area contributed by atoms with E-state index in [1.165, 1.54) is 9.75 Å². The van der Waals surface area contributed by atoms with Gasteiger partial charge in [-0.05, 0) is 36.7 Å². The lowest BCUT2D eigenvalue weighted by Crippen LogP contribution is -2.26. The van der Waals surface area contributed by atoms with Crippen LogP contribution in [-0.4, -0.2) is 19.3 Å². The molecule has 0 aromatic carbocycles. The molecule has 2 aromatic heterocycles. The minimum absolute atomic E-state index is 0.300. The Bertz CT molecular complexity index is 388. The highest BCUT2D eigenvalue weighted by Crippen LogP contribution is 2.28. The Balaban J connectivity index is 1.94. The summed E-state index contributed by atoms with van der Waals surface area (Å²) in [6.07, 6.45) is 0.300. The molecule has 0 atom stereocenters. The molecule has 0 saturated carbocycles. The second-order valence-electron chi connectivity index (χ2n) is 4.34. The first-order valence-electron chi connectivity index (χ1n) is 6.19. The summed E-state index contributed by atoms with van der Waals surface area (Å²) in [7, 11) is 0. The van der Waals surface area contributed by atoms with Crippen LogP contribution >= 0.6 is 22.7 Å². The Morgan fingerprint density at radius 2 is 1.72 bits per heavy atom. The van der Waals surface area contributed by atoms with Crippen molar-refractivity contribution >= 4 is 22.7 Å². The maximum Gasteiger partial charge on any atom is 0.0765 e. The summed E-state index contributed by atoms with van der Waals surface area (Å²) in [5.74, 6) is 0. The van der Waals surface area contributed by atoms with Gasteiger partial charge in [0.1, 0.15) is 0 Å². The van der Waals surface area contributed by atoms with E-state index in [9.17, 15) is 0 Å². The number of ether oxygens (including phenoxy) is 1. The third kappa shape index (κ3) is 3.92. The third-order valence-electron chi connectivity index (χ3n) is 2.56. The van der Waals surface area contributed by atoms with Crippen molar-refractivity contribution in [3.8, 4) is 0 Å². The van der Waals surface area contributed by atoms with Crippen LogP contribution in [0.4, 0.5) is 0 Å². The van der Waals surface area contributed by atoms with Gasteiger partial charge in [0.15, 0.2) is 0 Å². The lowest BCUT2D eigenvalue weighted by molar-refractivity contribution is 0.0800. The molecule has 4 heteroatoms. The number of nitrogens with one attached hydrogen (secondary N) is 1. The van der Waals surface area contributed by atoms with Crippen LogP contribution in [0.5, 0.6) is 0 Å². The Labute approximate surface area is 117 Å². The van der Waals surface area contributed by atoms with E-state index in [2.05, 4.69) is 54.2 Å². The normalized spacial score (nSPS) is 11.6. The lowest BCUT2D eigenvalue weighted by atomic mass is 10.2.